The van der Waals surface area contributed by atoms with Crippen LogP contribution in [0.5, 0.6) is 0 Å². The van der Waals surface area contributed by atoms with E-state index in [1.165, 1.54) is 45.7 Å². The molecule has 1 aliphatic rings. The Bertz CT molecular complexity index is 831. The lowest BCUT2D eigenvalue weighted by Crippen LogP contribution is -2.23. The highest BCUT2D eigenvalue weighted by Gasteiger charge is 2.28. The Hall–Kier alpha value is -1.45. The quantitative estimate of drug-likeness (QED) is 0.418. The zero-order valence-electron chi connectivity index (χ0n) is 15.7. The minimum atomic E-state index is -0.341. The second kappa shape index (κ2) is 9.16. The van der Waals surface area contributed by atoms with Gasteiger partial charge in [0.05, 0.1) is 17.4 Å². The number of hydrogen-bond donors (Lipinski definition) is 1. The predicted octanol–water partition coefficient (Wildman–Crippen LogP) is 4.47. The highest BCUT2D eigenvalue weighted by molar-refractivity contribution is 8.02. The Morgan fingerprint density at radius 2 is 2.00 bits per heavy atom. The fourth-order valence-corrected chi connectivity index (χ4v) is 6.23. The molecule has 1 aliphatic carbocycles. The van der Waals surface area contributed by atoms with Gasteiger partial charge in [0.2, 0.25) is 5.91 Å². The molecule has 1 amide bonds. The number of aryl methyl sites for hydroxylation is 2. The van der Waals surface area contributed by atoms with Crippen molar-refractivity contribution in [2.75, 3.05) is 11.9 Å². The van der Waals surface area contributed by atoms with E-state index in [4.69, 9.17) is 4.74 Å². The Kier molecular flexibility index (Phi) is 6.88. The lowest BCUT2D eigenvalue weighted by Gasteiger charge is -2.11. The number of fused-ring (bicyclic) bond motifs is 1. The van der Waals surface area contributed by atoms with Gasteiger partial charge in [0.15, 0.2) is 4.34 Å². The molecule has 0 radical (unpaired) electrons. The van der Waals surface area contributed by atoms with Gasteiger partial charge in [0.25, 0.3) is 0 Å². The maximum Gasteiger partial charge on any atom is 0.341 e. The van der Waals surface area contributed by atoms with E-state index in [2.05, 4.69) is 15.5 Å². The predicted molar refractivity (Wildman–Crippen MR) is 110 cm³/mol. The van der Waals surface area contributed by atoms with Crippen LogP contribution in [0.2, 0.25) is 0 Å². The molecular formula is C18H23N3O3S3. The average Bonchev–Trinajstić information content (AvgIpc) is 3.10. The van der Waals surface area contributed by atoms with E-state index in [1.54, 1.807) is 6.92 Å². The first-order valence-corrected chi connectivity index (χ1v) is 11.6. The number of carbonyl (C=O) groups is 2. The van der Waals surface area contributed by atoms with Gasteiger partial charge in [0.1, 0.15) is 10.0 Å². The Labute approximate surface area is 171 Å². The van der Waals surface area contributed by atoms with E-state index < -0.39 is 0 Å². The number of esters is 1. The van der Waals surface area contributed by atoms with Crippen LogP contribution in [0.1, 0.15) is 58.9 Å². The van der Waals surface area contributed by atoms with Crippen LogP contribution in [0.3, 0.4) is 0 Å². The van der Waals surface area contributed by atoms with Gasteiger partial charge >= 0.3 is 5.97 Å². The SMILES string of the molecule is CCOC(=O)c1c(NC(=O)C(C)Sc2nnc(C)s2)sc2c1CCCCC2. The van der Waals surface area contributed by atoms with Gasteiger partial charge in [-0.15, -0.1) is 21.5 Å². The number of rotatable bonds is 6. The molecule has 2 aromatic heterocycles. The highest BCUT2D eigenvalue weighted by atomic mass is 32.2. The molecule has 0 aliphatic heterocycles. The number of ether oxygens (including phenoxy) is 1. The summed E-state index contributed by atoms with van der Waals surface area (Å²) in [5, 5.41) is 12.2. The van der Waals surface area contributed by atoms with Crippen molar-refractivity contribution in [1.29, 1.82) is 0 Å². The lowest BCUT2D eigenvalue weighted by molar-refractivity contribution is -0.115. The molecule has 0 fully saturated rings. The summed E-state index contributed by atoms with van der Waals surface area (Å²) in [6, 6.07) is 0. The summed E-state index contributed by atoms with van der Waals surface area (Å²) < 4.78 is 6.04. The van der Waals surface area contributed by atoms with Crippen molar-refractivity contribution < 1.29 is 14.3 Å². The zero-order valence-corrected chi connectivity index (χ0v) is 18.1. The molecule has 1 unspecified atom stereocenters. The molecule has 0 saturated heterocycles. The highest BCUT2D eigenvalue weighted by Crippen LogP contribution is 2.38. The van der Waals surface area contributed by atoms with E-state index >= 15 is 0 Å². The molecule has 2 aromatic rings. The van der Waals surface area contributed by atoms with Crippen molar-refractivity contribution in [1.82, 2.24) is 10.2 Å². The minimum absolute atomic E-state index is 0.144. The first-order valence-electron chi connectivity index (χ1n) is 9.08. The zero-order chi connectivity index (χ0) is 19.4. The summed E-state index contributed by atoms with van der Waals surface area (Å²) in [4.78, 5) is 26.5. The number of aromatic nitrogens is 2. The summed E-state index contributed by atoms with van der Waals surface area (Å²) in [7, 11) is 0. The molecule has 9 heteroatoms. The molecule has 1 atom stereocenters. The molecule has 0 saturated carbocycles. The number of thioether (sulfide) groups is 1. The molecule has 6 nitrogen and oxygen atoms in total. The third kappa shape index (κ3) is 4.89. The van der Waals surface area contributed by atoms with Crippen LogP contribution in [0.25, 0.3) is 0 Å². The minimum Gasteiger partial charge on any atom is -0.462 e. The van der Waals surface area contributed by atoms with E-state index in [0.29, 0.717) is 17.2 Å². The van der Waals surface area contributed by atoms with Crippen LogP contribution in [0.15, 0.2) is 4.34 Å². The summed E-state index contributed by atoms with van der Waals surface area (Å²) in [5.74, 6) is -0.484. The molecule has 1 N–H and O–H groups in total. The van der Waals surface area contributed by atoms with Crippen molar-refractivity contribution in [2.24, 2.45) is 0 Å². The lowest BCUT2D eigenvalue weighted by atomic mass is 10.1. The molecule has 3 rings (SSSR count). The van der Waals surface area contributed by atoms with E-state index in [0.717, 1.165) is 40.6 Å². The third-order valence-electron chi connectivity index (χ3n) is 4.29. The summed E-state index contributed by atoms with van der Waals surface area (Å²) >= 11 is 4.36. The molecule has 2 heterocycles. The van der Waals surface area contributed by atoms with Gasteiger partial charge < -0.3 is 10.1 Å². The van der Waals surface area contributed by atoms with Crippen molar-refractivity contribution in [2.45, 2.75) is 62.5 Å². The van der Waals surface area contributed by atoms with Crippen LogP contribution in [0.4, 0.5) is 5.00 Å². The number of hydrogen-bond acceptors (Lipinski definition) is 8. The standard InChI is InChI=1S/C18H23N3O3S3/c1-4-24-17(23)14-12-8-6-5-7-9-13(12)27-16(14)19-15(22)10(2)25-18-21-20-11(3)26-18/h10H,4-9H2,1-3H3,(H,19,22). The molecular weight excluding hydrogens is 402 g/mol. The number of nitrogens with zero attached hydrogens (tertiary/aromatic N) is 2. The van der Waals surface area contributed by atoms with Gasteiger partial charge in [-0.05, 0) is 52.0 Å². The van der Waals surface area contributed by atoms with Gasteiger partial charge in [-0.3, -0.25) is 4.79 Å². The van der Waals surface area contributed by atoms with Crippen LogP contribution in [-0.4, -0.2) is 33.9 Å². The molecule has 0 aromatic carbocycles. The Morgan fingerprint density at radius 3 is 2.70 bits per heavy atom. The first kappa shape index (κ1) is 20.3. The van der Waals surface area contributed by atoms with Crippen molar-refractivity contribution in [3.05, 3.63) is 21.0 Å². The Balaban J connectivity index is 1.80. The molecule has 27 heavy (non-hydrogen) atoms. The van der Waals surface area contributed by atoms with Crippen LogP contribution in [0, 0.1) is 6.92 Å². The fourth-order valence-electron chi connectivity index (χ4n) is 2.99. The van der Waals surface area contributed by atoms with Crippen LogP contribution < -0.4 is 5.32 Å². The van der Waals surface area contributed by atoms with Crippen molar-refractivity contribution in [3.63, 3.8) is 0 Å². The second-order valence-corrected chi connectivity index (χ2v) is 10.2. The number of nitrogens with one attached hydrogen (secondary N) is 1. The summed E-state index contributed by atoms with van der Waals surface area (Å²) in [6.07, 6.45) is 5.17. The van der Waals surface area contributed by atoms with Crippen LogP contribution in [-0.2, 0) is 22.4 Å². The van der Waals surface area contributed by atoms with Gasteiger partial charge in [-0.1, -0.05) is 29.5 Å². The summed E-state index contributed by atoms with van der Waals surface area (Å²) in [6.45, 7) is 5.83. The molecule has 0 spiro atoms. The number of thiophene rings is 1. The first-order chi connectivity index (χ1) is 13.0. The number of carbonyl (C=O) groups excluding carboxylic acids is 2. The van der Waals surface area contributed by atoms with E-state index in [-0.39, 0.29) is 17.1 Å². The smallest absolute Gasteiger partial charge is 0.341 e. The van der Waals surface area contributed by atoms with Gasteiger partial charge in [0, 0.05) is 4.88 Å². The van der Waals surface area contributed by atoms with Crippen LogP contribution >= 0.6 is 34.4 Å². The van der Waals surface area contributed by atoms with Crippen molar-refractivity contribution in [3.8, 4) is 0 Å². The normalized spacial score (nSPS) is 14.9. The third-order valence-corrected chi connectivity index (χ3v) is 7.52. The van der Waals surface area contributed by atoms with Gasteiger partial charge in [-0.25, -0.2) is 4.79 Å². The molecule has 0 bridgehead atoms. The maximum atomic E-state index is 12.7. The number of amides is 1. The molecule has 146 valence electrons. The van der Waals surface area contributed by atoms with E-state index in [9.17, 15) is 9.59 Å². The van der Waals surface area contributed by atoms with E-state index in [1.807, 2.05) is 13.8 Å². The maximum absolute atomic E-state index is 12.7. The second-order valence-electron chi connectivity index (χ2n) is 6.33. The van der Waals surface area contributed by atoms with Gasteiger partial charge in [-0.2, -0.15) is 0 Å². The Morgan fingerprint density at radius 1 is 1.22 bits per heavy atom. The number of anilines is 1. The largest absolute Gasteiger partial charge is 0.462 e. The topological polar surface area (TPSA) is 81.2 Å². The fraction of sp³-hybridized carbons (Fsp3) is 0.556. The monoisotopic (exact) mass is 425 g/mol. The van der Waals surface area contributed by atoms with Crippen molar-refractivity contribution >= 4 is 51.3 Å². The summed E-state index contributed by atoms with van der Waals surface area (Å²) in [5.41, 5.74) is 1.61. The average molecular weight is 426 g/mol.